The van der Waals surface area contributed by atoms with Crippen molar-refractivity contribution >= 4 is 17.3 Å². The fourth-order valence-electron chi connectivity index (χ4n) is 1.19. The van der Waals surface area contributed by atoms with E-state index in [1.165, 1.54) is 0 Å². The van der Waals surface area contributed by atoms with Gasteiger partial charge in [0.2, 0.25) is 0 Å². The number of hydrogen-bond acceptors (Lipinski definition) is 1. The molecule has 0 fully saturated rings. The summed E-state index contributed by atoms with van der Waals surface area (Å²) in [4.78, 5) is 4.43. The van der Waals surface area contributed by atoms with Crippen molar-refractivity contribution in [3.8, 4) is 0 Å². The highest BCUT2D eigenvalue weighted by molar-refractivity contribution is 6.31. The van der Waals surface area contributed by atoms with Gasteiger partial charge in [-0.3, -0.25) is 4.99 Å². The minimum atomic E-state index is 0.507. The molecule has 0 atom stereocenters. The van der Waals surface area contributed by atoms with Crippen LogP contribution in [-0.2, 0) is 0 Å². The Morgan fingerprint density at radius 2 is 1.88 bits per heavy atom. The molecule has 0 heterocycles. The van der Waals surface area contributed by atoms with E-state index in [0.29, 0.717) is 5.03 Å². The second kappa shape index (κ2) is 7.24. The second-order valence-corrected chi connectivity index (χ2v) is 4.08. The first kappa shape index (κ1) is 14.9. The molecule has 0 unspecified atom stereocenters. The summed E-state index contributed by atoms with van der Waals surface area (Å²) < 4.78 is 0. The van der Waals surface area contributed by atoms with E-state index in [4.69, 9.17) is 11.6 Å². The molecular weight excluding hydrogens is 218 g/mol. The summed E-state index contributed by atoms with van der Waals surface area (Å²) >= 11 is 5.81. The van der Waals surface area contributed by atoms with Gasteiger partial charge in [-0.15, -0.1) is 0 Å². The zero-order valence-electron chi connectivity index (χ0n) is 10.6. The number of halogens is 1. The molecule has 88 valence electrons. The van der Waals surface area contributed by atoms with Crippen molar-refractivity contribution in [2.45, 2.75) is 34.1 Å². The quantitative estimate of drug-likeness (QED) is 0.471. The van der Waals surface area contributed by atoms with Gasteiger partial charge >= 0.3 is 0 Å². The van der Waals surface area contributed by atoms with Crippen LogP contribution in [0.5, 0.6) is 0 Å². The number of aliphatic imine (C=N–C) groups is 1. The molecule has 0 amide bonds. The SMILES string of the molecule is C=C(Cl)/C=C(\C(C)=CC)C(C)=NC(=C)CC. The zero-order chi connectivity index (χ0) is 12.7. The molecule has 0 saturated carbocycles. The standard InChI is InChI=1S/C14H20ClN/c1-7-10(3)14(9-11(4)15)13(6)16-12(5)8-2/h7,9H,4-5,8H2,1-3,6H3/b10-7?,14-9+,16-13?. The van der Waals surface area contributed by atoms with E-state index in [-0.39, 0.29) is 0 Å². The van der Waals surface area contributed by atoms with Crippen molar-refractivity contribution in [3.63, 3.8) is 0 Å². The Morgan fingerprint density at radius 1 is 1.31 bits per heavy atom. The van der Waals surface area contributed by atoms with E-state index in [0.717, 1.165) is 29.0 Å². The molecule has 0 aromatic carbocycles. The van der Waals surface area contributed by atoms with Crippen LogP contribution in [0, 0.1) is 0 Å². The van der Waals surface area contributed by atoms with Crippen LogP contribution in [0.1, 0.15) is 34.1 Å². The lowest BCUT2D eigenvalue weighted by Gasteiger charge is -2.08. The summed E-state index contributed by atoms with van der Waals surface area (Å²) in [6.45, 7) is 15.6. The average Bonchev–Trinajstić information content (AvgIpc) is 2.24. The van der Waals surface area contributed by atoms with Crippen LogP contribution in [-0.4, -0.2) is 5.71 Å². The molecule has 0 aliphatic rings. The van der Waals surface area contributed by atoms with Crippen molar-refractivity contribution in [2.75, 3.05) is 0 Å². The van der Waals surface area contributed by atoms with E-state index >= 15 is 0 Å². The smallest absolute Gasteiger partial charge is 0.0451 e. The minimum Gasteiger partial charge on any atom is -0.258 e. The molecule has 0 rings (SSSR count). The van der Waals surface area contributed by atoms with E-state index < -0.39 is 0 Å². The Labute approximate surface area is 104 Å². The molecule has 2 heteroatoms. The number of hydrogen-bond donors (Lipinski definition) is 0. The number of allylic oxidation sites excluding steroid dienone is 6. The van der Waals surface area contributed by atoms with Gasteiger partial charge in [-0.1, -0.05) is 37.8 Å². The first-order chi connectivity index (χ1) is 7.42. The lowest BCUT2D eigenvalue weighted by molar-refractivity contribution is 1.07. The van der Waals surface area contributed by atoms with E-state index in [2.05, 4.69) is 18.2 Å². The van der Waals surface area contributed by atoms with Crippen molar-refractivity contribution in [2.24, 2.45) is 4.99 Å². The van der Waals surface area contributed by atoms with Crippen molar-refractivity contribution in [1.29, 1.82) is 0 Å². The predicted octanol–water partition coefficient (Wildman–Crippen LogP) is 5.02. The number of rotatable bonds is 5. The van der Waals surface area contributed by atoms with E-state index in [9.17, 15) is 0 Å². The Bertz CT molecular complexity index is 370. The maximum absolute atomic E-state index is 5.81. The fourth-order valence-corrected chi connectivity index (χ4v) is 1.30. The normalized spacial score (nSPS) is 13.9. The van der Waals surface area contributed by atoms with Gasteiger partial charge < -0.3 is 0 Å². The molecule has 0 saturated heterocycles. The third kappa shape index (κ3) is 5.13. The van der Waals surface area contributed by atoms with Crippen LogP contribution in [0.4, 0.5) is 0 Å². The monoisotopic (exact) mass is 237 g/mol. The van der Waals surface area contributed by atoms with Crippen LogP contribution in [0.3, 0.4) is 0 Å². The summed E-state index contributed by atoms with van der Waals surface area (Å²) in [5, 5.41) is 0.507. The first-order valence-electron chi connectivity index (χ1n) is 5.35. The van der Waals surface area contributed by atoms with Crippen molar-refractivity contribution < 1.29 is 0 Å². The van der Waals surface area contributed by atoms with Crippen LogP contribution >= 0.6 is 11.6 Å². The molecule has 0 bridgehead atoms. The van der Waals surface area contributed by atoms with Gasteiger partial charge in [0.05, 0.1) is 0 Å². The largest absolute Gasteiger partial charge is 0.258 e. The lowest BCUT2D eigenvalue weighted by Crippen LogP contribution is -2.00. The third-order valence-electron chi connectivity index (χ3n) is 2.28. The molecule has 16 heavy (non-hydrogen) atoms. The van der Waals surface area contributed by atoms with Gasteiger partial charge in [-0.05, 0) is 44.4 Å². The lowest BCUT2D eigenvalue weighted by atomic mass is 10.0. The van der Waals surface area contributed by atoms with E-state index in [1.807, 2.05) is 39.8 Å². The van der Waals surface area contributed by atoms with Crippen LogP contribution in [0.25, 0.3) is 0 Å². The summed E-state index contributed by atoms with van der Waals surface area (Å²) in [6, 6.07) is 0. The molecule has 0 radical (unpaired) electrons. The Balaban J connectivity index is 5.30. The molecule has 0 aromatic heterocycles. The molecule has 0 spiro atoms. The first-order valence-corrected chi connectivity index (χ1v) is 5.73. The van der Waals surface area contributed by atoms with E-state index in [1.54, 1.807) is 0 Å². The Morgan fingerprint density at radius 3 is 2.25 bits per heavy atom. The summed E-state index contributed by atoms with van der Waals surface area (Å²) in [5.41, 5.74) is 3.93. The van der Waals surface area contributed by atoms with Gasteiger partial charge in [-0.2, -0.15) is 0 Å². The Hall–Kier alpha value is -1.08. The van der Waals surface area contributed by atoms with Gasteiger partial charge in [-0.25, -0.2) is 0 Å². The molecule has 0 aromatic rings. The second-order valence-electron chi connectivity index (χ2n) is 3.59. The topological polar surface area (TPSA) is 12.4 Å². The summed E-state index contributed by atoms with van der Waals surface area (Å²) in [5.74, 6) is 0. The van der Waals surface area contributed by atoms with Crippen molar-refractivity contribution in [1.82, 2.24) is 0 Å². The Kier molecular flexibility index (Phi) is 6.75. The molecule has 0 aliphatic carbocycles. The average molecular weight is 238 g/mol. The predicted molar refractivity (Wildman–Crippen MR) is 75.0 cm³/mol. The van der Waals surface area contributed by atoms with Crippen LogP contribution in [0.15, 0.2) is 52.2 Å². The van der Waals surface area contributed by atoms with Crippen LogP contribution < -0.4 is 0 Å². The molecule has 0 N–H and O–H groups in total. The van der Waals surface area contributed by atoms with Gasteiger partial charge in [0, 0.05) is 16.4 Å². The molecular formula is C14H20ClN. The molecule has 1 nitrogen and oxygen atoms in total. The highest BCUT2D eigenvalue weighted by atomic mass is 35.5. The maximum Gasteiger partial charge on any atom is 0.0451 e. The maximum atomic E-state index is 5.81. The fraction of sp³-hybridized carbons (Fsp3) is 0.357. The summed E-state index contributed by atoms with van der Waals surface area (Å²) in [6.07, 6.45) is 4.71. The molecule has 0 aliphatic heterocycles. The third-order valence-corrected chi connectivity index (χ3v) is 2.39. The number of nitrogens with zero attached hydrogens (tertiary/aromatic N) is 1. The van der Waals surface area contributed by atoms with Crippen LogP contribution in [0.2, 0.25) is 0 Å². The van der Waals surface area contributed by atoms with Gasteiger partial charge in [0.15, 0.2) is 0 Å². The zero-order valence-corrected chi connectivity index (χ0v) is 11.4. The van der Waals surface area contributed by atoms with Gasteiger partial charge in [0.25, 0.3) is 0 Å². The minimum absolute atomic E-state index is 0.507. The van der Waals surface area contributed by atoms with Gasteiger partial charge in [0.1, 0.15) is 0 Å². The van der Waals surface area contributed by atoms with Crippen molar-refractivity contribution in [3.05, 3.63) is 47.2 Å². The highest BCUT2D eigenvalue weighted by Crippen LogP contribution is 2.17. The summed E-state index contributed by atoms with van der Waals surface area (Å²) in [7, 11) is 0. The highest BCUT2D eigenvalue weighted by Gasteiger charge is 2.04.